The first-order valence-corrected chi connectivity index (χ1v) is 10.5. The Morgan fingerprint density at radius 3 is 2.52 bits per heavy atom. The summed E-state index contributed by atoms with van der Waals surface area (Å²) in [5, 5.41) is 7.58. The molecule has 1 unspecified atom stereocenters. The molecule has 3 aromatic carbocycles. The molecule has 1 aliphatic heterocycles. The van der Waals surface area contributed by atoms with Gasteiger partial charge in [-0.05, 0) is 42.5 Å². The predicted molar refractivity (Wildman–Crippen MR) is 120 cm³/mol. The van der Waals surface area contributed by atoms with Gasteiger partial charge in [0.1, 0.15) is 11.9 Å². The molecule has 164 valence electrons. The summed E-state index contributed by atoms with van der Waals surface area (Å²) in [6, 6.07) is 22.8. The number of nitrogens with zero attached hydrogens (tertiary/aromatic N) is 2. The number of amides is 1. The molecule has 0 saturated heterocycles. The first kappa shape index (κ1) is 20.6. The van der Waals surface area contributed by atoms with Crippen LogP contribution in [0.1, 0.15) is 34.0 Å². The second-order valence-electron chi connectivity index (χ2n) is 7.75. The number of nitrogens with one attached hydrogen (secondary N) is 1. The number of hydrogen-bond acceptors (Lipinski definition) is 4. The lowest BCUT2D eigenvalue weighted by Crippen LogP contribution is -2.24. The summed E-state index contributed by atoms with van der Waals surface area (Å²) >= 11 is 0. The van der Waals surface area contributed by atoms with Crippen molar-refractivity contribution >= 4 is 11.9 Å². The third-order valence-electron chi connectivity index (χ3n) is 5.55. The van der Waals surface area contributed by atoms with Gasteiger partial charge in [0.25, 0.3) is 0 Å². The van der Waals surface area contributed by atoms with Crippen LogP contribution in [-0.4, -0.2) is 21.7 Å². The fourth-order valence-electron chi connectivity index (χ4n) is 3.91. The summed E-state index contributed by atoms with van der Waals surface area (Å²) in [6.45, 7) is 0.223. The van der Waals surface area contributed by atoms with E-state index < -0.39 is 12.1 Å². The Balaban J connectivity index is 1.35. The van der Waals surface area contributed by atoms with Crippen molar-refractivity contribution in [1.82, 2.24) is 15.1 Å². The van der Waals surface area contributed by atoms with Gasteiger partial charge in [0.15, 0.2) is 0 Å². The number of cyclic esters (lactones) is 1. The van der Waals surface area contributed by atoms with Crippen LogP contribution in [0.4, 0.5) is 4.39 Å². The number of carbonyl (C=O) groups is 2. The van der Waals surface area contributed by atoms with Crippen molar-refractivity contribution in [3.8, 4) is 16.9 Å². The standard InChI is InChI=1S/C26H20FN3O3/c27-19-12-10-17(11-13-19)25-18(16-30(29-25)20-6-2-1-3-7-20)15-28-24(31)14-23-21-8-4-5-9-22(21)26(32)33-23/h1-13,16,23H,14-15H2,(H,28,31). The monoisotopic (exact) mass is 441 g/mol. The molecular formula is C26H20FN3O3. The number of esters is 1. The summed E-state index contributed by atoms with van der Waals surface area (Å²) < 4.78 is 20.5. The van der Waals surface area contributed by atoms with E-state index in [1.165, 1.54) is 12.1 Å². The molecule has 1 amide bonds. The van der Waals surface area contributed by atoms with E-state index >= 15 is 0 Å². The van der Waals surface area contributed by atoms with E-state index in [4.69, 9.17) is 4.74 Å². The Morgan fingerprint density at radius 2 is 1.73 bits per heavy atom. The number of benzene rings is 3. The van der Waals surface area contributed by atoms with Crippen LogP contribution in [0.3, 0.4) is 0 Å². The molecule has 33 heavy (non-hydrogen) atoms. The van der Waals surface area contributed by atoms with Gasteiger partial charge in [0.05, 0.1) is 23.4 Å². The number of para-hydroxylation sites is 1. The molecule has 4 aromatic rings. The van der Waals surface area contributed by atoms with Gasteiger partial charge in [-0.3, -0.25) is 4.79 Å². The van der Waals surface area contributed by atoms with Crippen molar-refractivity contribution in [3.63, 3.8) is 0 Å². The smallest absolute Gasteiger partial charge is 0.339 e. The van der Waals surface area contributed by atoms with Crippen LogP contribution in [-0.2, 0) is 16.1 Å². The maximum atomic E-state index is 13.4. The fourth-order valence-corrected chi connectivity index (χ4v) is 3.91. The molecule has 2 heterocycles. The first-order chi connectivity index (χ1) is 16.1. The highest BCUT2D eigenvalue weighted by Gasteiger charge is 2.32. The van der Waals surface area contributed by atoms with Crippen LogP contribution in [0.15, 0.2) is 85.1 Å². The normalized spacial score (nSPS) is 14.6. The maximum absolute atomic E-state index is 13.4. The van der Waals surface area contributed by atoms with Gasteiger partial charge in [-0.25, -0.2) is 13.9 Å². The van der Waals surface area contributed by atoms with E-state index in [1.54, 1.807) is 35.0 Å². The lowest BCUT2D eigenvalue weighted by molar-refractivity contribution is -0.123. The van der Waals surface area contributed by atoms with E-state index in [2.05, 4.69) is 10.4 Å². The summed E-state index contributed by atoms with van der Waals surface area (Å²) in [5.41, 5.74) is 4.26. The van der Waals surface area contributed by atoms with Crippen LogP contribution in [0.25, 0.3) is 16.9 Å². The summed E-state index contributed by atoms with van der Waals surface area (Å²) in [4.78, 5) is 24.7. The zero-order valence-corrected chi connectivity index (χ0v) is 17.6. The molecule has 0 fully saturated rings. The van der Waals surface area contributed by atoms with Gasteiger partial charge in [-0.1, -0.05) is 36.4 Å². The molecule has 6 nitrogen and oxygen atoms in total. The van der Waals surface area contributed by atoms with E-state index in [-0.39, 0.29) is 24.7 Å². The van der Waals surface area contributed by atoms with Crippen LogP contribution in [0.5, 0.6) is 0 Å². The second kappa shape index (κ2) is 8.70. The average Bonchev–Trinajstić information content (AvgIpc) is 3.40. The minimum Gasteiger partial charge on any atom is -0.453 e. The van der Waals surface area contributed by atoms with E-state index in [0.29, 0.717) is 11.3 Å². The number of hydrogen-bond donors (Lipinski definition) is 1. The lowest BCUT2D eigenvalue weighted by Gasteiger charge is -2.11. The molecule has 0 saturated carbocycles. The number of halogens is 1. The van der Waals surface area contributed by atoms with E-state index in [0.717, 1.165) is 22.4 Å². The molecule has 0 radical (unpaired) electrons. The number of carbonyl (C=O) groups excluding carboxylic acids is 2. The molecule has 7 heteroatoms. The summed E-state index contributed by atoms with van der Waals surface area (Å²) in [5.74, 6) is -0.990. The van der Waals surface area contributed by atoms with Crippen molar-refractivity contribution in [1.29, 1.82) is 0 Å². The SMILES string of the molecule is O=C(CC1OC(=O)c2ccccc21)NCc1cn(-c2ccccc2)nc1-c1ccc(F)cc1. The average molecular weight is 441 g/mol. The number of ether oxygens (including phenoxy) is 1. The molecule has 0 aliphatic carbocycles. The van der Waals surface area contributed by atoms with Crippen LogP contribution in [0, 0.1) is 5.82 Å². The minimum absolute atomic E-state index is 0.0292. The predicted octanol–water partition coefficient (Wildman–Crippen LogP) is 4.60. The highest BCUT2D eigenvalue weighted by atomic mass is 19.1. The molecular weight excluding hydrogens is 421 g/mol. The minimum atomic E-state index is -0.600. The van der Waals surface area contributed by atoms with Crippen LogP contribution in [0.2, 0.25) is 0 Å². The molecule has 0 spiro atoms. The zero-order chi connectivity index (χ0) is 22.8. The van der Waals surface area contributed by atoms with Crippen molar-refractivity contribution in [2.75, 3.05) is 0 Å². The van der Waals surface area contributed by atoms with Gasteiger partial charge in [-0.15, -0.1) is 0 Å². The molecule has 1 N–H and O–H groups in total. The topological polar surface area (TPSA) is 73.2 Å². The van der Waals surface area contributed by atoms with Crippen molar-refractivity contribution in [2.24, 2.45) is 0 Å². The van der Waals surface area contributed by atoms with Gasteiger partial charge in [0.2, 0.25) is 5.91 Å². The number of fused-ring (bicyclic) bond motifs is 1. The van der Waals surface area contributed by atoms with Gasteiger partial charge in [0, 0.05) is 29.4 Å². The Bertz CT molecular complexity index is 1320. The summed E-state index contributed by atoms with van der Waals surface area (Å²) in [6.07, 6.45) is 1.28. The van der Waals surface area contributed by atoms with Crippen LogP contribution < -0.4 is 5.32 Å². The third-order valence-corrected chi connectivity index (χ3v) is 5.55. The molecule has 1 aromatic heterocycles. The second-order valence-corrected chi connectivity index (χ2v) is 7.75. The zero-order valence-electron chi connectivity index (χ0n) is 17.6. The maximum Gasteiger partial charge on any atom is 0.339 e. The highest BCUT2D eigenvalue weighted by molar-refractivity contribution is 5.94. The van der Waals surface area contributed by atoms with Gasteiger partial charge < -0.3 is 10.1 Å². The van der Waals surface area contributed by atoms with Crippen molar-refractivity contribution in [3.05, 3.63) is 108 Å². The lowest BCUT2D eigenvalue weighted by atomic mass is 10.0. The first-order valence-electron chi connectivity index (χ1n) is 10.5. The molecule has 1 atom stereocenters. The largest absolute Gasteiger partial charge is 0.453 e. The Hall–Kier alpha value is -4.26. The van der Waals surface area contributed by atoms with Gasteiger partial charge >= 0.3 is 5.97 Å². The third kappa shape index (κ3) is 4.25. The molecule has 0 bridgehead atoms. The fraction of sp³-hybridized carbons (Fsp3) is 0.115. The number of rotatable bonds is 6. The van der Waals surface area contributed by atoms with E-state index in [1.807, 2.05) is 42.6 Å². The van der Waals surface area contributed by atoms with Gasteiger partial charge in [-0.2, -0.15) is 5.10 Å². The Kier molecular flexibility index (Phi) is 5.44. The molecule has 5 rings (SSSR count). The Morgan fingerprint density at radius 1 is 1.00 bits per heavy atom. The highest BCUT2D eigenvalue weighted by Crippen LogP contribution is 2.32. The van der Waals surface area contributed by atoms with Crippen LogP contribution >= 0.6 is 0 Å². The van der Waals surface area contributed by atoms with Crippen molar-refractivity contribution in [2.45, 2.75) is 19.1 Å². The van der Waals surface area contributed by atoms with Crippen molar-refractivity contribution < 1.29 is 18.7 Å². The van der Waals surface area contributed by atoms with E-state index in [9.17, 15) is 14.0 Å². The quantitative estimate of drug-likeness (QED) is 0.444. The molecule has 1 aliphatic rings. The Labute approximate surface area is 189 Å². The summed E-state index contributed by atoms with van der Waals surface area (Å²) in [7, 11) is 0. The number of aromatic nitrogens is 2.